The highest BCUT2D eigenvalue weighted by atomic mass is 32.1. The molecule has 0 radical (unpaired) electrons. The molecule has 0 fully saturated rings. The van der Waals surface area contributed by atoms with Crippen molar-refractivity contribution < 1.29 is 14.1 Å². The van der Waals surface area contributed by atoms with Crippen molar-refractivity contribution in [3.63, 3.8) is 0 Å². The maximum Gasteiger partial charge on any atom is 0.227 e. The molecule has 0 atom stereocenters. The van der Waals surface area contributed by atoms with Crippen molar-refractivity contribution in [1.82, 2.24) is 30.2 Å². The van der Waals surface area contributed by atoms with Gasteiger partial charge in [-0.3, -0.25) is 9.89 Å². The number of nitrogens with one attached hydrogen (secondary N) is 2. The molecule has 0 unspecified atom stereocenters. The zero-order valence-electron chi connectivity index (χ0n) is 15.8. The third-order valence-corrected chi connectivity index (χ3v) is 4.37. The SMILES string of the molecule is CCOc1ccc(-c2noc(CCC(=O)NCc3n[nH]c(=S)n3CC)n2)cc1. The third kappa shape index (κ3) is 4.83. The minimum Gasteiger partial charge on any atom is -0.494 e. The molecule has 2 aromatic heterocycles. The van der Waals surface area contributed by atoms with Crippen molar-refractivity contribution in [1.29, 1.82) is 0 Å². The Labute approximate surface area is 167 Å². The average molecular weight is 402 g/mol. The van der Waals surface area contributed by atoms with Gasteiger partial charge in [-0.2, -0.15) is 10.1 Å². The summed E-state index contributed by atoms with van der Waals surface area (Å²) in [6.45, 7) is 5.51. The number of hydrogen-bond acceptors (Lipinski definition) is 7. The second kappa shape index (κ2) is 9.27. The number of benzene rings is 1. The number of H-pyrrole nitrogens is 1. The number of rotatable bonds is 9. The van der Waals surface area contributed by atoms with Gasteiger partial charge in [-0.25, -0.2) is 0 Å². The van der Waals surface area contributed by atoms with Gasteiger partial charge in [0.05, 0.1) is 13.2 Å². The number of nitrogens with zero attached hydrogens (tertiary/aromatic N) is 4. The van der Waals surface area contributed by atoms with Crippen LogP contribution in [0, 0.1) is 4.77 Å². The molecular formula is C18H22N6O3S. The zero-order chi connectivity index (χ0) is 19.9. The number of carbonyl (C=O) groups excluding carboxylic acids is 1. The Morgan fingerprint density at radius 2 is 2.11 bits per heavy atom. The summed E-state index contributed by atoms with van der Waals surface area (Å²) in [6, 6.07) is 7.45. The molecule has 0 aliphatic rings. The van der Waals surface area contributed by atoms with Crippen LogP contribution >= 0.6 is 12.2 Å². The summed E-state index contributed by atoms with van der Waals surface area (Å²) in [7, 11) is 0. The highest BCUT2D eigenvalue weighted by molar-refractivity contribution is 7.71. The fourth-order valence-corrected chi connectivity index (χ4v) is 2.92. The number of carbonyl (C=O) groups is 1. The average Bonchev–Trinajstić information content (AvgIpc) is 3.32. The monoisotopic (exact) mass is 402 g/mol. The van der Waals surface area contributed by atoms with Crippen LogP contribution in [0.2, 0.25) is 0 Å². The molecule has 10 heteroatoms. The van der Waals surface area contributed by atoms with E-state index in [2.05, 4.69) is 25.7 Å². The molecule has 3 aromatic rings. The Morgan fingerprint density at radius 1 is 1.32 bits per heavy atom. The molecule has 0 bridgehead atoms. The minimum atomic E-state index is -0.127. The van der Waals surface area contributed by atoms with E-state index < -0.39 is 0 Å². The van der Waals surface area contributed by atoms with E-state index in [4.69, 9.17) is 21.5 Å². The molecule has 9 nitrogen and oxygen atoms in total. The van der Waals surface area contributed by atoms with E-state index in [0.29, 0.717) is 48.4 Å². The van der Waals surface area contributed by atoms with Crippen LogP contribution in [0.25, 0.3) is 11.4 Å². The smallest absolute Gasteiger partial charge is 0.227 e. The summed E-state index contributed by atoms with van der Waals surface area (Å²) in [4.78, 5) is 16.4. The minimum absolute atomic E-state index is 0.127. The summed E-state index contributed by atoms with van der Waals surface area (Å²) in [6.07, 6.45) is 0.596. The molecular weight excluding hydrogens is 380 g/mol. The molecule has 0 aliphatic heterocycles. The summed E-state index contributed by atoms with van der Waals surface area (Å²) in [5.74, 6) is 2.25. The topological polar surface area (TPSA) is 111 Å². The molecule has 1 aromatic carbocycles. The van der Waals surface area contributed by atoms with Crippen molar-refractivity contribution >= 4 is 18.1 Å². The van der Waals surface area contributed by atoms with E-state index in [9.17, 15) is 4.79 Å². The van der Waals surface area contributed by atoms with Crippen molar-refractivity contribution in [3.05, 3.63) is 40.8 Å². The Morgan fingerprint density at radius 3 is 2.82 bits per heavy atom. The molecule has 3 rings (SSSR count). The molecule has 148 valence electrons. The first-order valence-corrected chi connectivity index (χ1v) is 9.48. The van der Waals surface area contributed by atoms with Gasteiger partial charge in [0.1, 0.15) is 5.75 Å². The van der Waals surface area contributed by atoms with Gasteiger partial charge >= 0.3 is 0 Å². The first-order chi connectivity index (χ1) is 13.6. The van der Waals surface area contributed by atoms with Crippen molar-refractivity contribution in [2.45, 2.75) is 39.8 Å². The lowest BCUT2D eigenvalue weighted by atomic mass is 10.2. The van der Waals surface area contributed by atoms with E-state index in [1.807, 2.05) is 42.7 Å². The molecule has 1 amide bonds. The number of aryl methyl sites for hydroxylation is 1. The number of aromatic amines is 1. The quantitative estimate of drug-likeness (QED) is 0.529. The van der Waals surface area contributed by atoms with Crippen LogP contribution in [0.3, 0.4) is 0 Å². The van der Waals surface area contributed by atoms with Crippen LogP contribution < -0.4 is 10.1 Å². The van der Waals surface area contributed by atoms with Gasteiger partial charge in [0.2, 0.25) is 17.6 Å². The van der Waals surface area contributed by atoms with Crippen LogP contribution in [-0.4, -0.2) is 37.4 Å². The second-order valence-electron chi connectivity index (χ2n) is 5.94. The van der Waals surface area contributed by atoms with Crippen molar-refractivity contribution in [2.75, 3.05) is 6.61 Å². The highest BCUT2D eigenvalue weighted by Crippen LogP contribution is 2.20. The van der Waals surface area contributed by atoms with Crippen LogP contribution in [0.15, 0.2) is 28.8 Å². The summed E-state index contributed by atoms with van der Waals surface area (Å²) in [5.41, 5.74) is 0.824. The predicted molar refractivity (Wildman–Crippen MR) is 104 cm³/mol. The number of amides is 1. The molecule has 0 saturated heterocycles. The Kier molecular flexibility index (Phi) is 6.53. The standard InChI is InChI=1S/C18H22N6O3S/c1-3-24-14(21-22-18(24)28)11-19-15(25)9-10-16-20-17(23-27-16)12-5-7-13(8-6-12)26-4-2/h5-8H,3-4,9-11H2,1-2H3,(H,19,25)(H,22,28). The Balaban J connectivity index is 1.51. The van der Waals surface area contributed by atoms with Gasteiger partial charge < -0.3 is 19.1 Å². The predicted octanol–water partition coefficient (Wildman–Crippen LogP) is 2.66. The first kappa shape index (κ1) is 19.7. The van der Waals surface area contributed by atoms with Gasteiger partial charge in [0.15, 0.2) is 10.6 Å². The fourth-order valence-electron chi connectivity index (χ4n) is 2.64. The zero-order valence-corrected chi connectivity index (χ0v) is 16.6. The van der Waals surface area contributed by atoms with Crippen LogP contribution in [-0.2, 0) is 24.3 Å². The molecule has 0 saturated carbocycles. The molecule has 2 heterocycles. The summed E-state index contributed by atoms with van der Waals surface area (Å²) in [5, 5.41) is 13.6. The van der Waals surface area contributed by atoms with Gasteiger partial charge in [-0.15, -0.1) is 0 Å². The van der Waals surface area contributed by atoms with Crippen LogP contribution in [0.4, 0.5) is 0 Å². The van der Waals surface area contributed by atoms with Gasteiger partial charge in [-0.1, -0.05) is 5.16 Å². The maximum atomic E-state index is 12.1. The lowest BCUT2D eigenvalue weighted by molar-refractivity contribution is -0.121. The van der Waals surface area contributed by atoms with Gasteiger partial charge in [0, 0.05) is 24.9 Å². The maximum absolute atomic E-state index is 12.1. The van der Waals surface area contributed by atoms with Gasteiger partial charge in [-0.05, 0) is 50.3 Å². The fraction of sp³-hybridized carbons (Fsp3) is 0.389. The second-order valence-corrected chi connectivity index (χ2v) is 6.32. The van der Waals surface area contributed by atoms with E-state index in [-0.39, 0.29) is 12.3 Å². The Bertz CT molecular complexity index is 976. The number of hydrogen-bond donors (Lipinski definition) is 2. The number of aromatic nitrogens is 5. The Hall–Kier alpha value is -3.01. The van der Waals surface area contributed by atoms with Crippen molar-refractivity contribution in [2.24, 2.45) is 0 Å². The summed E-state index contributed by atoms with van der Waals surface area (Å²) < 4.78 is 13.0. The van der Waals surface area contributed by atoms with Crippen LogP contribution in [0.1, 0.15) is 32.0 Å². The molecule has 28 heavy (non-hydrogen) atoms. The lowest BCUT2D eigenvalue weighted by Gasteiger charge is -2.05. The van der Waals surface area contributed by atoms with E-state index >= 15 is 0 Å². The first-order valence-electron chi connectivity index (χ1n) is 9.07. The molecule has 0 aliphatic carbocycles. The van der Waals surface area contributed by atoms with E-state index in [0.717, 1.165) is 11.3 Å². The van der Waals surface area contributed by atoms with Crippen LogP contribution in [0.5, 0.6) is 5.75 Å². The largest absolute Gasteiger partial charge is 0.494 e. The van der Waals surface area contributed by atoms with Crippen molar-refractivity contribution in [3.8, 4) is 17.1 Å². The van der Waals surface area contributed by atoms with E-state index in [1.165, 1.54) is 0 Å². The molecule has 2 N–H and O–H groups in total. The summed E-state index contributed by atoms with van der Waals surface area (Å²) >= 11 is 5.13. The van der Waals surface area contributed by atoms with Gasteiger partial charge in [0.25, 0.3) is 0 Å². The normalized spacial score (nSPS) is 10.8. The molecule has 0 spiro atoms. The third-order valence-electron chi connectivity index (χ3n) is 4.05. The highest BCUT2D eigenvalue weighted by Gasteiger charge is 2.12. The van der Waals surface area contributed by atoms with E-state index in [1.54, 1.807) is 0 Å². The number of ether oxygens (including phenoxy) is 1. The lowest BCUT2D eigenvalue weighted by Crippen LogP contribution is -2.25.